The number of thioether (sulfide) groups is 1. The van der Waals surface area contributed by atoms with Crippen LogP contribution in [0.4, 0.5) is 0 Å². The van der Waals surface area contributed by atoms with Crippen molar-refractivity contribution in [3.63, 3.8) is 0 Å². The summed E-state index contributed by atoms with van der Waals surface area (Å²) in [7, 11) is 0. The van der Waals surface area contributed by atoms with Crippen molar-refractivity contribution in [2.45, 2.75) is 16.1 Å². The van der Waals surface area contributed by atoms with Gasteiger partial charge in [-0.15, -0.1) is 11.8 Å². The van der Waals surface area contributed by atoms with E-state index in [1.54, 1.807) is 0 Å². The molecule has 6 heteroatoms. The predicted octanol–water partition coefficient (Wildman–Crippen LogP) is 4.39. The highest BCUT2D eigenvalue weighted by Gasteiger charge is 2.36. The predicted molar refractivity (Wildman–Crippen MR) is 85.8 cm³/mol. The van der Waals surface area contributed by atoms with Gasteiger partial charge in [-0.2, -0.15) is 4.98 Å². The molecule has 0 N–H and O–H groups in total. The fraction of sp³-hybridized carbons (Fsp3) is 0.133. The van der Waals surface area contributed by atoms with E-state index in [0.717, 1.165) is 0 Å². The van der Waals surface area contributed by atoms with Gasteiger partial charge in [-0.05, 0) is 40.4 Å². The number of hydrogen-bond acceptors (Lipinski definition) is 4. The first-order chi connectivity index (χ1) is 10.2. The summed E-state index contributed by atoms with van der Waals surface area (Å²) in [5, 5.41) is 0.520. The number of benzene rings is 1. The molecule has 0 fully saturated rings. The Bertz CT molecular complexity index is 768. The van der Waals surface area contributed by atoms with Crippen molar-refractivity contribution in [1.82, 2.24) is 15.0 Å². The number of allylic oxidation sites excluding steroid dienone is 3. The van der Waals surface area contributed by atoms with Crippen LogP contribution in [0, 0.1) is 0 Å². The van der Waals surface area contributed by atoms with Crippen LogP contribution in [-0.4, -0.2) is 20.2 Å². The van der Waals surface area contributed by atoms with Crippen LogP contribution in [0.15, 0.2) is 47.4 Å². The van der Waals surface area contributed by atoms with Crippen LogP contribution in [-0.2, 0) is 0 Å². The SMILES string of the molecule is Clc1nc(Cl)nc(C2C=CC=C3c4ccccc4SC32)n1. The third-order valence-corrected chi connectivity index (χ3v) is 5.32. The molecule has 1 aliphatic carbocycles. The standard InChI is InChI=1S/C15H9Cl2N3S/c16-14-18-13(19-15(17)20-14)10-6-3-5-9-8-4-1-2-7-11(8)21-12(9)10/h1-7,10,12H. The van der Waals surface area contributed by atoms with Crippen LogP contribution in [0.3, 0.4) is 0 Å². The molecule has 1 aliphatic heterocycles. The number of aromatic nitrogens is 3. The Morgan fingerprint density at radius 1 is 1.00 bits per heavy atom. The lowest BCUT2D eigenvalue weighted by Gasteiger charge is -2.22. The van der Waals surface area contributed by atoms with Crippen LogP contribution in [0.25, 0.3) is 5.57 Å². The van der Waals surface area contributed by atoms with Crippen molar-refractivity contribution in [2.75, 3.05) is 0 Å². The highest BCUT2D eigenvalue weighted by atomic mass is 35.5. The summed E-state index contributed by atoms with van der Waals surface area (Å²) in [4.78, 5) is 13.6. The maximum absolute atomic E-state index is 5.91. The van der Waals surface area contributed by atoms with E-state index >= 15 is 0 Å². The van der Waals surface area contributed by atoms with E-state index in [4.69, 9.17) is 23.2 Å². The molecule has 3 nitrogen and oxygen atoms in total. The van der Waals surface area contributed by atoms with E-state index in [2.05, 4.69) is 51.4 Å². The summed E-state index contributed by atoms with van der Waals surface area (Å²) in [5.74, 6) is 0.660. The molecule has 4 rings (SSSR count). The lowest BCUT2D eigenvalue weighted by Crippen LogP contribution is -2.17. The molecule has 104 valence electrons. The second-order valence-electron chi connectivity index (χ2n) is 4.80. The topological polar surface area (TPSA) is 38.7 Å². The molecule has 2 unspecified atom stereocenters. The van der Waals surface area contributed by atoms with Gasteiger partial charge >= 0.3 is 0 Å². The molecule has 1 aromatic carbocycles. The Balaban J connectivity index is 1.78. The van der Waals surface area contributed by atoms with Crippen LogP contribution in [0.1, 0.15) is 17.3 Å². The molecule has 0 amide bonds. The molecular weight excluding hydrogens is 325 g/mol. The number of hydrogen-bond donors (Lipinski definition) is 0. The quantitative estimate of drug-likeness (QED) is 0.775. The Kier molecular flexibility index (Phi) is 3.25. The number of fused-ring (bicyclic) bond motifs is 3. The van der Waals surface area contributed by atoms with Gasteiger partial charge in [0.1, 0.15) is 5.82 Å². The molecule has 2 heterocycles. The van der Waals surface area contributed by atoms with E-state index in [1.807, 2.05) is 17.8 Å². The number of nitrogens with zero attached hydrogens (tertiary/aromatic N) is 3. The normalized spacial score (nSPS) is 22.7. The monoisotopic (exact) mass is 333 g/mol. The van der Waals surface area contributed by atoms with Gasteiger partial charge in [-0.1, -0.05) is 36.4 Å². The van der Waals surface area contributed by atoms with Crippen molar-refractivity contribution in [2.24, 2.45) is 0 Å². The summed E-state index contributed by atoms with van der Waals surface area (Å²) < 4.78 is 0. The molecule has 2 atom stereocenters. The summed E-state index contributed by atoms with van der Waals surface area (Å²) in [6.45, 7) is 0. The summed E-state index contributed by atoms with van der Waals surface area (Å²) in [6.07, 6.45) is 6.30. The zero-order valence-corrected chi connectivity index (χ0v) is 13.0. The van der Waals surface area contributed by atoms with Crippen molar-refractivity contribution < 1.29 is 0 Å². The van der Waals surface area contributed by atoms with E-state index in [9.17, 15) is 0 Å². The molecule has 0 bridgehead atoms. The summed E-state index contributed by atoms with van der Waals surface area (Å²) in [6, 6.07) is 8.41. The van der Waals surface area contributed by atoms with Crippen LogP contribution in [0.5, 0.6) is 0 Å². The van der Waals surface area contributed by atoms with Gasteiger partial charge in [0.2, 0.25) is 10.6 Å². The van der Waals surface area contributed by atoms with Gasteiger partial charge in [0.15, 0.2) is 0 Å². The molecule has 0 saturated carbocycles. The molecule has 21 heavy (non-hydrogen) atoms. The Hall–Kier alpha value is -1.36. The zero-order valence-electron chi connectivity index (χ0n) is 10.7. The minimum Gasteiger partial charge on any atom is -0.202 e. The van der Waals surface area contributed by atoms with E-state index in [-0.39, 0.29) is 21.7 Å². The highest BCUT2D eigenvalue weighted by molar-refractivity contribution is 8.01. The molecule has 0 radical (unpaired) electrons. The Labute approximate surface area is 136 Å². The molecule has 2 aromatic rings. The first-order valence-electron chi connectivity index (χ1n) is 6.44. The van der Waals surface area contributed by atoms with E-state index in [0.29, 0.717) is 5.82 Å². The average molecular weight is 334 g/mol. The lowest BCUT2D eigenvalue weighted by molar-refractivity contribution is 0.781. The summed E-state index contributed by atoms with van der Waals surface area (Å²) >= 11 is 13.6. The van der Waals surface area contributed by atoms with Crippen LogP contribution < -0.4 is 0 Å². The second-order valence-corrected chi connectivity index (χ2v) is 6.66. The maximum atomic E-state index is 5.91. The zero-order chi connectivity index (χ0) is 14.4. The van der Waals surface area contributed by atoms with Crippen molar-refractivity contribution in [3.05, 3.63) is 64.4 Å². The van der Waals surface area contributed by atoms with Gasteiger partial charge < -0.3 is 0 Å². The minimum absolute atomic E-state index is 0.0420. The molecule has 0 spiro atoms. The lowest BCUT2D eigenvalue weighted by atomic mass is 9.89. The van der Waals surface area contributed by atoms with Crippen molar-refractivity contribution >= 4 is 40.5 Å². The van der Waals surface area contributed by atoms with Crippen LogP contribution >= 0.6 is 35.0 Å². The fourth-order valence-corrected chi connectivity index (χ4v) is 4.52. The average Bonchev–Trinajstić information content (AvgIpc) is 2.84. The van der Waals surface area contributed by atoms with Gasteiger partial charge in [-0.3, -0.25) is 0 Å². The molecule has 1 aromatic heterocycles. The second kappa shape index (κ2) is 5.13. The fourth-order valence-electron chi connectivity index (χ4n) is 2.70. The Morgan fingerprint density at radius 3 is 2.57 bits per heavy atom. The van der Waals surface area contributed by atoms with Crippen molar-refractivity contribution in [3.8, 4) is 0 Å². The van der Waals surface area contributed by atoms with Gasteiger partial charge in [0.05, 0.1) is 5.92 Å². The Morgan fingerprint density at radius 2 is 1.76 bits per heavy atom. The molecule has 2 aliphatic rings. The third kappa shape index (κ3) is 2.27. The van der Waals surface area contributed by atoms with Gasteiger partial charge in [0.25, 0.3) is 0 Å². The number of halogens is 2. The van der Waals surface area contributed by atoms with E-state index < -0.39 is 0 Å². The van der Waals surface area contributed by atoms with Crippen LogP contribution in [0.2, 0.25) is 10.6 Å². The maximum Gasteiger partial charge on any atom is 0.226 e. The highest BCUT2D eigenvalue weighted by Crippen LogP contribution is 2.51. The van der Waals surface area contributed by atoms with Gasteiger partial charge in [-0.25, -0.2) is 9.97 Å². The first-order valence-corrected chi connectivity index (χ1v) is 8.07. The van der Waals surface area contributed by atoms with Crippen molar-refractivity contribution in [1.29, 1.82) is 0 Å². The van der Waals surface area contributed by atoms with Gasteiger partial charge in [0, 0.05) is 10.1 Å². The largest absolute Gasteiger partial charge is 0.226 e. The number of rotatable bonds is 1. The minimum atomic E-state index is 0.0420. The van der Waals surface area contributed by atoms with E-state index in [1.165, 1.54) is 16.0 Å². The third-order valence-electron chi connectivity index (χ3n) is 3.58. The first kappa shape index (κ1) is 13.3. The molecule has 0 saturated heterocycles. The summed E-state index contributed by atoms with van der Waals surface area (Å²) in [5.41, 5.74) is 2.59. The smallest absolute Gasteiger partial charge is 0.202 e. The molecular formula is C15H9Cl2N3S.